The highest BCUT2D eigenvalue weighted by molar-refractivity contribution is 5.94. The summed E-state index contributed by atoms with van der Waals surface area (Å²) in [6.45, 7) is 6.32. The van der Waals surface area contributed by atoms with Gasteiger partial charge < -0.3 is 16.4 Å². The van der Waals surface area contributed by atoms with Crippen molar-refractivity contribution in [3.8, 4) is 0 Å². The van der Waals surface area contributed by atoms with Gasteiger partial charge in [0.25, 0.3) is 0 Å². The van der Waals surface area contributed by atoms with Crippen molar-refractivity contribution in [2.45, 2.75) is 58.3 Å². The predicted molar refractivity (Wildman–Crippen MR) is 116 cm³/mol. The number of rotatable bonds is 8. The van der Waals surface area contributed by atoms with Gasteiger partial charge in [0.15, 0.2) is 0 Å². The summed E-state index contributed by atoms with van der Waals surface area (Å²) in [6.07, 6.45) is 2.87. The lowest BCUT2D eigenvalue weighted by molar-refractivity contribution is -0.116. The molecule has 0 aliphatic rings. The van der Waals surface area contributed by atoms with E-state index in [1.807, 2.05) is 18.2 Å². The summed E-state index contributed by atoms with van der Waals surface area (Å²) < 4.78 is 12.9. The fourth-order valence-electron chi connectivity index (χ4n) is 2.85. The van der Waals surface area contributed by atoms with Crippen molar-refractivity contribution in [3.05, 3.63) is 53.8 Å². The Hall–Kier alpha value is -2.89. The summed E-state index contributed by atoms with van der Waals surface area (Å²) in [5.41, 5.74) is 8.82. The molecule has 0 heterocycles. The van der Waals surface area contributed by atoms with Crippen LogP contribution in [-0.4, -0.2) is 11.8 Å². The molecule has 4 N–H and O–H groups in total. The molecule has 2 rings (SSSR count). The molecule has 0 fully saturated rings. The molecule has 0 aliphatic carbocycles. The third-order valence-electron chi connectivity index (χ3n) is 4.63. The van der Waals surface area contributed by atoms with Crippen LogP contribution in [0.1, 0.15) is 58.4 Å². The Labute approximate surface area is 171 Å². The fraction of sp³-hybridized carbons (Fsp3) is 0.391. The number of unbranched alkanes of at least 4 members (excludes halogenated alkanes) is 2. The number of nitrogen functional groups attached to an aromatic ring is 1. The van der Waals surface area contributed by atoms with Crippen LogP contribution < -0.4 is 16.4 Å². The average Bonchev–Trinajstić information content (AvgIpc) is 2.64. The van der Waals surface area contributed by atoms with E-state index in [4.69, 9.17) is 5.73 Å². The zero-order valence-electron chi connectivity index (χ0n) is 17.3. The normalized spacial score (nSPS) is 11.2. The van der Waals surface area contributed by atoms with Crippen molar-refractivity contribution >= 4 is 28.9 Å². The number of anilines is 3. The summed E-state index contributed by atoms with van der Waals surface area (Å²) in [5.74, 6) is -0.542. The molecule has 0 saturated heterocycles. The minimum atomic E-state index is -0.340. The van der Waals surface area contributed by atoms with E-state index in [0.29, 0.717) is 42.7 Å². The molecular weight excluding hydrogens is 369 g/mol. The van der Waals surface area contributed by atoms with E-state index < -0.39 is 0 Å². The van der Waals surface area contributed by atoms with Crippen LogP contribution in [0, 0.1) is 5.82 Å². The summed E-state index contributed by atoms with van der Waals surface area (Å²) in [4.78, 5) is 24.1. The van der Waals surface area contributed by atoms with Gasteiger partial charge in [0.05, 0.1) is 11.4 Å². The smallest absolute Gasteiger partial charge is 0.224 e. The van der Waals surface area contributed by atoms with Gasteiger partial charge in [-0.3, -0.25) is 9.59 Å². The summed E-state index contributed by atoms with van der Waals surface area (Å²) in [6, 6.07) is 11.4. The van der Waals surface area contributed by atoms with Gasteiger partial charge in [0.2, 0.25) is 11.8 Å². The molecule has 0 spiro atoms. The Balaban J connectivity index is 1.69. The first kappa shape index (κ1) is 22.4. The number of benzene rings is 2. The molecule has 0 aromatic heterocycles. The Morgan fingerprint density at radius 1 is 0.897 bits per heavy atom. The maximum Gasteiger partial charge on any atom is 0.224 e. The molecule has 5 nitrogen and oxygen atoms in total. The van der Waals surface area contributed by atoms with Crippen molar-refractivity contribution in [3.63, 3.8) is 0 Å². The number of halogens is 1. The quantitative estimate of drug-likeness (QED) is 0.420. The molecule has 0 bridgehead atoms. The molecule has 0 aliphatic heterocycles. The van der Waals surface area contributed by atoms with Crippen molar-refractivity contribution < 1.29 is 14.0 Å². The van der Waals surface area contributed by atoms with Crippen LogP contribution in [0.5, 0.6) is 0 Å². The number of amides is 2. The molecule has 29 heavy (non-hydrogen) atoms. The van der Waals surface area contributed by atoms with Gasteiger partial charge in [-0.25, -0.2) is 4.39 Å². The first-order valence-corrected chi connectivity index (χ1v) is 9.90. The average molecular weight is 400 g/mol. The fourth-order valence-corrected chi connectivity index (χ4v) is 2.85. The lowest BCUT2D eigenvalue weighted by Crippen LogP contribution is -2.16. The second kappa shape index (κ2) is 10.0. The van der Waals surface area contributed by atoms with Crippen LogP contribution in [-0.2, 0) is 15.0 Å². The molecule has 2 amide bonds. The van der Waals surface area contributed by atoms with Gasteiger partial charge in [-0.05, 0) is 60.2 Å². The van der Waals surface area contributed by atoms with Crippen molar-refractivity contribution in [2.24, 2.45) is 0 Å². The Bertz CT molecular complexity index is 842. The zero-order valence-corrected chi connectivity index (χ0v) is 17.3. The van der Waals surface area contributed by atoms with E-state index in [9.17, 15) is 14.0 Å². The van der Waals surface area contributed by atoms with Crippen LogP contribution >= 0.6 is 0 Å². The predicted octanol–water partition coefficient (Wildman–Crippen LogP) is 5.23. The highest BCUT2D eigenvalue weighted by Crippen LogP contribution is 2.28. The van der Waals surface area contributed by atoms with E-state index in [-0.39, 0.29) is 23.0 Å². The number of carbonyl (C=O) groups is 2. The van der Waals surface area contributed by atoms with E-state index in [1.165, 1.54) is 24.3 Å². The number of carbonyl (C=O) groups excluding carboxylic acids is 2. The lowest BCUT2D eigenvalue weighted by Gasteiger charge is -2.20. The van der Waals surface area contributed by atoms with Crippen LogP contribution in [0.15, 0.2) is 42.5 Å². The SMILES string of the molecule is CC(C)(C)c1ccc(N)c(NC(=O)CCCCCC(=O)Nc2ccc(F)cc2)c1. The van der Waals surface area contributed by atoms with Gasteiger partial charge in [0, 0.05) is 18.5 Å². The summed E-state index contributed by atoms with van der Waals surface area (Å²) >= 11 is 0. The van der Waals surface area contributed by atoms with Gasteiger partial charge in [-0.2, -0.15) is 0 Å². The largest absolute Gasteiger partial charge is 0.397 e. The highest BCUT2D eigenvalue weighted by Gasteiger charge is 2.15. The maximum absolute atomic E-state index is 12.9. The number of nitrogens with two attached hydrogens (primary N) is 1. The third-order valence-corrected chi connectivity index (χ3v) is 4.63. The highest BCUT2D eigenvalue weighted by atomic mass is 19.1. The third kappa shape index (κ3) is 7.56. The second-order valence-electron chi connectivity index (χ2n) is 8.22. The summed E-state index contributed by atoms with van der Waals surface area (Å²) in [5, 5.41) is 5.61. The number of hydrogen-bond donors (Lipinski definition) is 3. The number of hydrogen-bond acceptors (Lipinski definition) is 3. The van der Waals surface area contributed by atoms with E-state index in [1.54, 1.807) is 0 Å². The minimum absolute atomic E-state index is 0.0261. The molecular formula is C23H30FN3O2. The lowest BCUT2D eigenvalue weighted by atomic mass is 9.86. The molecule has 0 saturated carbocycles. The van der Waals surface area contributed by atoms with E-state index >= 15 is 0 Å². The van der Waals surface area contributed by atoms with Crippen LogP contribution in [0.3, 0.4) is 0 Å². The minimum Gasteiger partial charge on any atom is -0.397 e. The molecule has 6 heteroatoms. The van der Waals surface area contributed by atoms with Gasteiger partial charge in [-0.1, -0.05) is 33.3 Å². The first-order valence-electron chi connectivity index (χ1n) is 9.90. The monoisotopic (exact) mass is 399 g/mol. The Kier molecular flexibility index (Phi) is 7.76. The molecule has 0 radical (unpaired) electrons. The van der Waals surface area contributed by atoms with Gasteiger partial charge in [-0.15, -0.1) is 0 Å². The maximum atomic E-state index is 12.9. The Morgan fingerprint density at radius 2 is 1.48 bits per heavy atom. The topological polar surface area (TPSA) is 84.2 Å². The van der Waals surface area contributed by atoms with Crippen LogP contribution in [0.25, 0.3) is 0 Å². The van der Waals surface area contributed by atoms with Crippen molar-refractivity contribution in [1.29, 1.82) is 0 Å². The van der Waals surface area contributed by atoms with Crippen LogP contribution in [0.4, 0.5) is 21.5 Å². The van der Waals surface area contributed by atoms with Crippen molar-refractivity contribution in [2.75, 3.05) is 16.4 Å². The van der Waals surface area contributed by atoms with Crippen LogP contribution in [0.2, 0.25) is 0 Å². The Morgan fingerprint density at radius 3 is 2.07 bits per heavy atom. The number of nitrogens with one attached hydrogen (secondary N) is 2. The van der Waals surface area contributed by atoms with Gasteiger partial charge in [0.1, 0.15) is 5.82 Å². The molecule has 2 aromatic carbocycles. The molecule has 0 atom stereocenters. The van der Waals surface area contributed by atoms with Gasteiger partial charge >= 0.3 is 0 Å². The first-order chi connectivity index (χ1) is 13.6. The summed E-state index contributed by atoms with van der Waals surface area (Å²) in [7, 11) is 0. The van der Waals surface area contributed by atoms with E-state index in [2.05, 4.69) is 31.4 Å². The van der Waals surface area contributed by atoms with E-state index in [0.717, 1.165) is 12.0 Å². The van der Waals surface area contributed by atoms with Crippen molar-refractivity contribution in [1.82, 2.24) is 0 Å². The second-order valence-corrected chi connectivity index (χ2v) is 8.22. The molecule has 156 valence electrons. The standard InChI is InChI=1S/C23H30FN3O2/c1-23(2,3)16-9-14-19(25)20(15-16)27-22(29)8-6-4-5-7-21(28)26-18-12-10-17(24)11-13-18/h9-15H,4-8,25H2,1-3H3,(H,26,28)(H,27,29). The zero-order chi connectivity index (χ0) is 21.4. The molecule has 0 unspecified atom stereocenters. The molecule has 2 aromatic rings.